The van der Waals surface area contributed by atoms with Crippen molar-refractivity contribution >= 4 is 29.3 Å². The largest absolute Gasteiger partial charge is 0.464 e. The standard InChI is InChI=1S/C19H17FN2O5S/c1-2-27-19(24)16-11-28-18(12-6-8-14(20)9-7-12)21(16)17(23)13-4-3-5-15(10-13)22(25)26/h3-10,16,18H,2,11H2,1H3. The van der Waals surface area contributed by atoms with Crippen molar-refractivity contribution < 1.29 is 23.6 Å². The minimum Gasteiger partial charge on any atom is -0.464 e. The molecular formula is C19H17FN2O5S. The third kappa shape index (κ3) is 3.99. The van der Waals surface area contributed by atoms with Crippen molar-refractivity contribution in [3.63, 3.8) is 0 Å². The fourth-order valence-electron chi connectivity index (χ4n) is 2.96. The zero-order chi connectivity index (χ0) is 20.3. The molecule has 0 N–H and O–H groups in total. The van der Waals surface area contributed by atoms with Crippen LogP contribution in [0.25, 0.3) is 0 Å². The van der Waals surface area contributed by atoms with Crippen LogP contribution < -0.4 is 0 Å². The van der Waals surface area contributed by atoms with E-state index in [1.165, 1.54) is 53.1 Å². The molecule has 2 aromatic rings. The Morgan fingerprint density at radius 2 is 2.00 bits per heavy atom. The van der Waals surface area contributed by atoms with Crippen LogP contribution in [-0.4, -0.2) is 40.1 Å². The number of thioether (sulfide) groups is 1. The van der Waals surface area contributed by atoms with Gasteiger partial charge in [0.2, 0.25) is 0 Å². The summed E-state index contributed by atoms with van der Waals surface area (Å²) < 4.78 is 18.4. The summed E-state index contributed by atoms with van der Waals surface area (Å²) in [6, 6.07) is 10.2. The number of hydrogen-bond acceptors (Lipinski definition) is 6. The molecule has 1 aliphatic rings. The van der Waals surface area contributed by atoms with Crippen molar-refractivity contribution in [2.45, 2.75) is 18.3 Å². The Kier molecular flexibility index (Phi) is 5.93. The van der Waals surface area contributed by atoms with Gasteiger partial charge in [0.05, 0.1) is 11.5 Å². The molecule has 0 spiro atoms. The van der Waals surface area contributed by atoms with Gasteiger partial charge < -0.3 is 9.64 Å². The van der Waals surface area contributed by atoms with E-state index in [1.54, 1.807) is 19.1 Å². The number of nitro groups is 1. The molecular weight excluding hydrogens is 387 g/mol. The minimum absolute atomic E-state index is 0.0955. The van der Waals surface area contributed by atoms with E-state index in [2.05, 4.69) is 0 Å². The number of esters is 1. The first kappa shape index (κ1) is 19.8. The molecule has 1 fully saturated rings. The summed E-state index contributed by atoms with van der Waals surface area (Å²) in [5.74, 6) is -1.17. The maximum atomic E-state index is 13.3. The highest BCUT2D eigenvalue weighted by molar-refractivity contribution is 7.99. The van der Waals surface area contributed by atoms with Crippen molar-refractivity contribution in [3.05, 3.63) is 75.6 Å². The van der Waals surface area contributed by atoms with Gasteiger partial charge in [-0.1, -0.05) is 18.2 Å². The number of carbonyl (C=O) groups is 2. The van der Waals surface area contributed by atoms with Crippen LogP contribution in [0.3, 0.4) is 0 Å². The quantitative estimate of drug-likeness (QED) is 0.430. The van der Waals surface area contributed by atoms with Gasteiger partial charge in [-0.05, 0) is 30.7 Å². The highest BCUT2D eigenvalue weighted by Gasteiger charge is 2.43. The summed E-state index contributed by atoms with van der Waals surface area (Å²) in [4.78, 5) is 37.4. The molecule has 1 amide bonds. The minimum atomic E-state index is -0.841. The topological polar surface area (TPSA) is 89.8 Å². The molecule has 0 radical (unpaired) electrons. The Balaban J connectivity index is 1.99. The van der Waals surface area contributed by atoms with Crippen molar-refractivity contribution in [2.24, 2.45) is 0 Å². The summed E-state index contributed by atoms with van der Waals surface area (Å²) in [7, 11) is 0. The lowest BCUT2D eigenvalue weighted by Crippen LogP contribution is -2.43. The number of nitro benzene ring substituents is 1. The molecule has 0 bridgehead atoms. The van der Waals surface area contributed by atoms with Crippen molar-refractivity contribution in [1.82, 2.24) is 4.90 Å². The summed E-state index contributed by atoms with van der Waals surface area (Å²) in [5.41, 5.74) is 0.527. The van der Waals surface area contributed by atoms with E-state index in [9.17, 15) is 24.1 Å². The van der Waals surface area contributed by atoms with Gasteiger partial charge in [0.15, 0.2) is 0 Å². The fraction of sp³-hybridized carbons (Fsp3) is 0.263. The zero-order valence-corrected chi connectivity index (χ0v) is 15.7. The van der Waals surface area contributed by atoms with Crippen molar-refractivity contribution in [2.75, 3.05) is 12.4 Å². The molecule has 3 rings (SSSR count). The third-order valence-corrected chi connectivity index (χ3v) is 5.58. The molecule has 2 aromatic carbocycles. The number of nitrogens with zero attached hydrogens (tertiary/aromatic N) is 2. The predicted molar refractivity (Wildman–Crippen MR) is 101 cm³/mol. The van der Waals surface area contributed by atoms with E-state index in [4.69, 9.17) is 4.74 Å². The molecule has 9 heteroatoms. The van der Waals surface area contributed by atoms with Crippen LogP contribution >= 0.6 is 11.8 Å². The van der Waals surface area contributed by atoms with Gasteiger partial charge in [0.25, 0.3) is 11.6 Å². The number of carbonyl (C=O) groups excluding carboxylic acids is 2. The number of halogens is 1. The van der Waals surface area contributed by atoms with E-state index < -0.39 is 34.0 Å². The van der Waals surface area contributed by atoms with Crippen LogP contribution in [0.15, 0.2) is 48.5 Å². The molecule has 7 nitrogen and oxygen atoms in total. The van der Waals surface area contributed by atoms with Crippen LogP contribution in [0.4, 0.5) is 10.1 Å². The van der Waals surface area contributed by atoms with Crippen molar-refractivity contribution in [3.8, 4) is 0 Å². The molecule has 1 saturated heterocycles. The molecule has 28 heavy (non-hydrogen) atoms. The Hall–Kier alpha value is -2.94. The monoisotopic (exact) mass is 404 g/mol. The molecule has 0 aliphatic carbocycles. The van der Waals surface area contributed by atoms with Gasteiger partial charge in [-0.2, -0.15) is 0 Å². The smallest absolute Gasteiger partial charge is 0.329 e. The van der Waals surface area contributed by atoms with Crippen LogP contribution in [0.5, 0.6) is 0 Å². The average Bonchev–Trinajstić information content (AvgIpc) is 3.13. The van der Waals surface area contributed by atoms with Gasteiger partial charge in [0.1, 0.15) is 17.2 Å². The molecule has 0 aromatic heterocycles. The Labute approximate surface area is 164 Å². The highest BCUT2D eigenvalue weighted by atomic mass is 32.2. The van der Waals surface area contributed by atoms with E-state index in [1.807, 2.05) is 0 Å². The van der Waals surface area contributed by atoms with Crippen LogP contribution in [0.2, 0.25) is 0 Å². The summed E-state index contributed by atoms with van der Waals surface area (Å²) in [5, 5.41) is 10.5. The highest BCUT2D eigenvalue weighted by Crippen LogP contribution is 2.42. The molecule has 0 saturated carbocycles. The summed E-state index contributed by atoms with van der Waals surface area (Å²) in [6.07, 6.45) is 0. The second-order valence-corrected chi connectivity index (χ2v) is 7.14. The van der Waals surface area contributed by atoms with E-state index in [0.717, 1.165) is 0 Å². The maximum absolute atomic E-state index is 13.3. The van der Waals surface area contributed by atoms with Gasteiger partial charge in [-0.15, -0.1) is 11.8 Å². The second kappa shape index (κ2) is 8.39. The lowest BCUT2D eigenvalue weighted by molar-refractivity contribution is -0.384. The predicted octanol–water partition coefficient (Wildman–Crippen LogP) is 3.55. The fourth-order valence-corrected chi connectivity index (χ4v) is 4.37. The van der Waals surface area contributed by atoms with E-state index >= 15 is 0 Å². The van der Waals surface area contributed by atoms with Gasteiger partial charge in [0, 0.05) is 23.4 Å². The van der Waals surface area contributed by atoms with Gasteiger partial charge in [-0.3, -0.25) is 14.9 Å². The maximum Gasteiger partial charge on any atom is 0.329 e. The molecule has 1 heterocycles. The number of hydrogen-bond donors (Lipinski definition) is 0. The molecule has 2 unspecified atom stereocenters. The number of ether oxygens (including phenoxy) is 1. The SMILES string of the molecule is CCOC(=O)C1CSC(c2ccc(F)cc2)N1C(=O)c1cccc([N+](=O)[O-])c1. The number of amides is 1. The Bertz CT molecular complexity index is 905. The number of rotatable bonds is 5. The Morgan fingerprint density at radius 3 is 2.64 bits per heavy atom. The zero-order valence-electron chi connectivity index (χ0n) is 14.9. The molecule has 1 aliphatic heterocycles. The van der Waals surface area contributed by atoms with E-state index in [0.29, 0.717) is 11.3 Å². The van der Waals surface area contributed by atoms with Crippen LogP contribution in [0.1, 0.15) is 28.2 Å². The molecule has 2 atom stereocenters. The average molecular weight is 404 g/mol. The Morgan fingerprint density at radius 1 is 1.29 bits per heavy atom. The summed E-state index contributed by atoms with van der Waals surface area (Å²) >= 11 is 1.35. The van der Waals surface area contributed by atoms with Crippen LogP contribution in [-0.2, 0) is 9.53 Å². The lowest BCUT2D eigenvalue weighted by Gasteiger charge is -2.28. The number of non-ortho nitro benzene ring substituents is 1. The van der Waals surface area contributed by atoms with Crippen molar-refractivity contribution in [1.29, 1.82) is 0 Å². The first-order valence-electron chi connectivity index (χ1n) is 8.53. The second-order valence-electron chi connectivity index (χ2n) is 6.02. The first-order valence-corrected chi connectivity index (χ1v) is 9.58. The van der Waals surface area contributed by atoms with E-state index in [-0.39, 0.29) is 17.9 Å². The van der Waals surface area contributed by atoms with Gasteiger partial charge in [-0.25, -0.2) is 9.18 Å². The summed E-state index contributed by atoms with van der Waals surface area (Å²) in [6.45, 7) is 1.84. The first-order chi connectivity index (χ1) is 13.4. The molecule has 146 valence electrons. The normalized spacial score (nSPS) is 18.7. The number of benzene rings is 2. The van der Waals surface area contributed by atoms with Gasteiger partial charge >= 0.3 is 5.97 Å². The lowest BCUT2D eigenvalue weighted by atomic mass is 10.1. The van der Waals surface area contributed by atoms with Crippen LogP contribution in [0, 0.1) is 15.9 Å². The third-order valence-electron chi connectivity index (χ3n) is 4.25.